The summed E-state index contributed by atoms with van der Waals surface area (Å²) >= 11 is 2.40. The van der Waals surface area contributed by atoms with Gasteiger partial charge in [-0.25, -0.2) is 0 Å². The van der Waals surface area contributed by atoms with Gasteiger partial charge < -0.3 is 5.11 Å². The van der Waals surface area contributed by atoms with Crippen LogP contribution in [0.1, 0.15) is 19.8 Å². The van der Waals surface area contributed by atoms with Crippen LogP contribution in [0.5, 0.6) is 0 Å². The molecule has 52 valence electrons. The average Bonchev–Trinajstić information content (AvgIpc) is 1.78. The lowest BCUT2D eigenvalue weighted by Crippen LogP contribution is -2.20. The summed E-state index contributed by atoms with van der Waals surface area (Å²) < 4.78 is 0.289. The molecule has 0 spiro atoms. The van der Waals surface area contributed by atoms with Crippen LogP contribution >= 0.6 is 22.6 Å². The molecule has 1 aliphatic carbocycles. The Morgan fingerprint density at radius 2 is 2.44 bits per heavy atom. The van der Waals surface area contributed by atoms with E-state index >= 15 is 0 Å². The van der Waals surface area contributed by atoms with Crippen LogP contribution in [-0.4, -0.2) is 14.6 Å². The van der Waals surface area contributed by atoms with Crippen LogP contribution in [0.15, 0.2) is 12.2 Å². The van der Waals surface area contributed by atoms with E-state index in [4.69, 9.17) is 5.11 Å². The van der Waals surface area contributed by atoms with Crippen molar-refractivity contribution in [3.05, 3.63) is 12.2 Å². The number of halogens is 1. The Bertz CT molecular complexity index is 129. The fourth-order valence-corrected chi connectivity index (χ4v) is 1.44. The summed E-state index contributed by atoms with van der Waals surface area (Å²) in [4.78, 5) is 0. The zero-order valence-corrected chi connectivity index (χ0v) is 7.63. The van der Waals surface area contributed by atoms with Gasteiger partial charge in [0.2, 0.25) is 0 Å². The Morgan fingerprint density at radius 3 is 2.78 bits per heavy atom. The smallest absolute Gasteiger partial charge is 0.0722 e. The first-order valence-electron chi connectivity index (χ1n) is 3.16. The molecule has 0 aromatic carbocycles. The molecule has 0 saturated heterocycles. The number of allylic oxidation sites excluding steroid dienone is 1. The molecule has 1 rings (SSSR count). The monoisotopic (exact) mass is 238 g/mol. The van der Waals surface area contributed by atoms with E-state index in [0.717, 1.165) is 12.8 Å². The maximum atomic E-state index is 9.05. The van der Waals surface area contributed by atoms with Crippen LogP contribution in [-0.2, 0) is 0 Å². The number of aliphatic hydroxyl groups is 1. The van der Waals surface area contributed by atoms with E-state index in [1.165, 1.54) is 0 Å². The molecule has 0 aromatic rings. The molecule has 1 N–H and O–H groups in total. The first-order chi connectivity index (χ1) is 4.10. The topological polar surface area (TPSA) is 20.2 Å². The molecule has 0 aromatic heterocycles. The fraction of sp³-hybridized carbons (Fsp3) is 0.714. The largest absolute Gasteiger partial charge is 0.389 e. The Morgan fingerprint density at radius 1 is 1.78 bits per heavy atom. The molecule has 0 fully saturated rings. The lowest BCUT2D eigenvalue weighted by molar-refractivity contribution is 0.201. The molecule has 0 aliphatic heterocycles. The lowest BCUT2D eigenvalue weighted by atomic mass is 9.96. The van der Waals surface area contributed by atoms with Crippen molar-refractivity contribution in [1.82, 2.24) is 0 Å². The van der Waals surface area contributed by atoms with Gasteiger partial charge in [0.25, 0.3) is 0 Å². The van der Waals surface area contributed by atoms with Crippen molar-refractivity contribution >= 4 is 22.6 Å². The second-order valence-corrected chi connectivity index (χ2v) is 5.21. The zero-order chi connectivity index (χ0) is 6.91. The molecular formula is C7H11IO. The van der Waals surface area contributed by atoms with Crippen molar-refractivity contribution in [2.75, 3.05) is 0 Å². The molecule has 1 unspecified atom stereocenters. The molecule has 0 amide bonds. The third-order valence-corrected chi connectivity index (χ3v) is 2.49. The number of rotatable bonds is 0. The summed E-state index contributed by atoms with van der Waals surface area (Å²) in [5.41, 5.74) is 0. The third kappa shape index (κ3) is 2.26. The third-order valence-electron chi connectivity index (χ3n) is 1.59. The van der Waals surface area contributed by atoms with E-state index in [-0.39, 0.29) is 9.53 Å². The molecule has 9 heavy (non-hydrogen) atoms. The lowest BCUT2D eigenvalue weighted by Gasteiger charge is -2.23. The van der Waals surface area contributed by atoms with E-state index in [0.29, 0.717) is 0 Å². The minimum atomic E-state index is -0.187. The minimum absolute atomic E-state index is 0.187. The van der Waals surface area contributed by atoms with E-state index in [2.05, 4.69) is 35.6 Å². The Hall–Kier alpha value is 0.430. The van der Waals surface area contributed by atoms with Gasteiger partial charge in [0, 0.05) is 3.42 Å². The van der Waals surface area contributed by atoms with E-state index in [1.807, 2.05) is 6.08 Å². The Labute approximate surface area is 69.3 Å². The van der Waals surface area contributed by atoms with Crippen LogP contribution in [0.3, 0.4) is 0 Å². The number of alkyl halides is 1. The Kier molecular flexibility index (Phi) is 2.16. The van der Waals surface area contributed by atoms with E-state index in [9.17, 15) is 0 Å². The maximum absolute atomic E-state index is 9.05. The minimum Gasteiger partial charge on any atom is -0.389 e. The van der Waals surface area contributed by atoms with Crippen molar-refractivity contribution in [1.29, 1.82) is 0 Å². The average molecular weight is 238 g/mol. The standard InChI is InChI=1S/C7H11IO/c1-7(8)4-2-6(9)3-5-7/h2,4,6,9H,3,5H2,1H3/t6?,7-/m1/s1. The van der Waals surface area contributed by atoms with Gasteiger partial charge in [0.15, 0.2) is 0 Å². The first kappa shape index (κ1) is 7.54. The second kappa shape index (κ2) is 2.58. The number of hydrogen-bond donors (Lipinski definition) is 1. The van der Waals surface area contributed by atoms with Gasteiger partial charge in [-0.1, -0.05) is 34.7 Å². The second-order valence-electron chi connectivity index (χ2n) is 2.74. The highest BCUT2D eigenvalue weighted by Gasteiger charge is 2.21. The maximum Gasteiger partial charge on any atom is 0.0722 e. The molecule has 0 bridgehead atoms. The van der Waals surface area contributed by atoms with Crippen molar-refractivity contribution in [2.24, 2.45) is 0 Å². The quantitative estimate of drug-likeness (QED) is 0.388. The summed E-state index contributed by atoms with van der Waals surface area (Å²) in [6, 6.07) is 0. The van der Waals surface area contributed by atoms with E-state index < -0.39 is 0 Å². The van der Waals surface area contributed by atoms with E-state index in [1.54, 1.807) is 0 Å². The molecule has 0 heterocycles. The highest BCUT2D eigenvalue weighted by atomic mass is 127. The van der Waals surface area contributed by atoms with Gasteiger partial charge >= 0.3 is 0 Å². The summed E-state index contributed by atoms with van der Waals surface area (Å²) in [6.45, 7) is 2.18. The highest BCUT2D eigenvalue weighted by molar-refractivity contribution is 14.1. The predicted molar refractivity (Wildman–Crippen MR) is 46.8 cm³/mol. The molecule has 0 saturated carbocycles. The molecule has 2 atom stereocenters. The molecule has 1 aliphatic rings. The SMILES string of the molecule is C[C@@]1(I)C=CC(O)CC1. The molecule has 1 nitrogen and oxygen atoms in total. The Balaban J connectivity index is 2.58. The fourth-order valence-electron chi connectivity index (χ4n) is 0.921. The predicted octanol–water partition coefficient (Wildman–Crippen LogP) is 1.89. The van der Waals surface area contributed by atoms with Gasteiger partial charge in [0.05, 0.1) is 6.10 Å². The zero-order valence-electron chi connectivity index (χ0n) is 5.47. The van der Waals surface area contributed by atoms with Crippen molar-refractivity contribution < 1.29 is 5.11 Å². The van der Waals surface area contributed by atoms with Gasteiger partial charge in [-0.2, -0.15) is 0 Å². The van der Waals surface area contributed by atoms with Crippen molar-refractivity contribution in [3.63, 3.8) is 0 Å². The van der Waals surface area contributed by atoms with Gasteiger partial charge in [-0.3, -0.25) is 0 Å². The first-order valence-corrected chi connectivity index (χ1v) is 4.24. The van der Waals surface area contributed by atoms with Crippen LogP contribution < -0.4 is 0 Å². The van der Waals surface area contributed by atoms with Crippen molar-refractivity contribution in [2.45, 2.75) is 29.3 Å². The molecular weight excluding hydrogens is 227 g/mol. The summed E-state index contributed by atoms with van der Waals surface area (Å²) in [7, 11) is 0. The van der Waals surface area contributed by atoms with Gasteiger partial charge in [-0.05, 0) is 19.8 Å². The van der Waals surface area contributed by atoms with Gasteiger partial charge in [0.1, 0.15) is 0 Å². The van der Waals surface area contributed by atoms with Crippen molar-refractivity contribution in [3.8, 4) is 0 Å². The summed E-state index contributed by atoms with van der Waals surface area (Å²) in [6.07, 6.45) is 5.78. The number of aliphatic hydroxyl groups excluding tert-OH is 1. The molecule has 0 radical (unpaired) electrons. The van der Waals surface area contributed by atoms with Crippen LogP contribution in [0.4, 0.5) is 0 Å². The number of hydrogen-bond acceptors (Lipinski definition) is 1. The summed E-state index contributed by atoms with van der Waals surface area (Å²) in [5.74, 6) is 0. The summed E-state index contributed by atoms with van der Waals surface area (Å²) in [5, 5.41) is 9.05. The van der Waals surface area contributed by atoms with Crippen LogP contribution in [0.25, 0.3) is 0 Å². The van der Waals surface area contributed by atoms with Gasteiger partial charge in [-0.15, -0.1) is 0 Å². The van der Waals surface area contributed by atoms with Crippen LogP contribution in [0.2, 0.25) is 0 Å². The highest BCUT2D eigenvalue weighted by Crippen LogP contribution is 2.30. The molecule has 2 heteroatoms. The normalized spacial score (nSPS) is 43.2. The van der Waals surface area contributed by atoms with Crippen LogP contribution in [0, 0.1) is 0 Å².